The number of nitrogen functional groups attached to an aromatic ring is 1. The van der Waals surface area contributed by atoms with Crippen LogP contribution in [0.5, 0.6) is 0 Å². The lowest BCUT2D eigenvalue weighted by Gasteiger charge is -2.05. The molecule has 4 heteroatoms. The van der Waals surface area contributed by atoms with Gasteiger partial charge < -0.3 is 5.73 Å². The minimum absolute atomic E-state index is 0.295. The van der Waals surface area contributed by atoms with Crippen molar-refractivity contribution >= 4 is 17.3 Å². The Bertz CT molecular complexity index is 541. The first kappa shape index (κ1) is 10.9. The van der Waals surface area contributed by atoms with Gasteiger partial charge in [0.05, 0.1) is 10.7 Å². The molecule has 2 rings (SSSR count). The standard InChI is InChI=1S/C12H8ClF2N/c13-10-5-7(1-4-12(10)16)9-3-2-8(14)6-11(9)15/h1-6H,16H2. The highest BCUT2D eigenvalue weighted by atomic mass is 35.5. The van der Waals surface area contributed by atoms with Gasteiger partial charge in [-0.2, -0.15) is 0 Å². The lowest BCUT2D eigenvalue weighted by Crippen LogP contribution is -1.89. The first-order valence-electron chi connectivity index (χ1n) is 4.58. The Kier molecular flexibility index (Phi) is 2.79. The highest BCUT2D eigenvalue weighted by molar-refractivity contribution is 6.33. The molecule has 0 aliphatic carbocycles. The fraction of sp³-hybridized carbons (Fsp3) is 0. The maximum atomic E-state index is 13.5. The third kappa shape index (κ3) is 1.99. The van der Waals surface area contributed by atoms with Crippen molar-refractivity contribution in [2.24, 2.45) is 0 Å². The summed E-state index contributed by atoms with van der Waals surface area (Å²) in [4.78, 5) is 0. The molecule has 0 amide bonds. The van der Waals surface area contributed by atoms with Crippen LogP contribution in [-0.4, -0.2) is 0 Å². The van der Waals surface area contributed by atoms with Gasteiger partial charge in [0, 0.05) is 11.6 Å². The fourth-order valence-corrected chi connectivity index (χ4v) is 1.60. The molecule has 2 N–H and O–H groups in total. The maximum absolute atomic E-state index is 13.5. The van der Waals surface area contributed by atoms with Crippen LogP contribution in [0.4, 0.5) is 14.5 Å². The van der Waals surface area contributed by atoms with Gasteiger partial charge >= 0.3 is 0 Å². The lowest BCUT2D eigenvalue weighted by atomic mass is 10.0. The SMILES string of the molecule is Nc1ccc(-c2ccc(F)cc2F)cc1Cl. The van der Waals surface area contributed by atoms with Gasteiger partial charge in [0.2, 0.25) is 0 Å². The molecule has 16 heavy (non-hydrogen) atoms. The summed E-state index contributed by atoms with van der Waals surface area (Å²) in [5, 5.41) is 0.348. The van der Waals surface area contributed by atoms with Crippen LogP contribution in [0.2, 0.25) is 5.02 Å². The first-order valence-corrected chi connectivity index (χ1v) is 4.96. The molecule has 2 aromatic carbocycles. The van der Waals surface area contributed by atoms with Crippen LogP contribution in [0, 0.1) is 11.6 Å². The Hall–Kier alpha value is -1.61. The number of hydrogen-bond donors (Lipinski definition) is 1. The third-order valence-corrected chi connectivity index (χ3v) is 2.57. The van der Waals surface area contributed by atoms with Crippen LogP contribution < -0.4 is 5.73 Å². The van der Waals surface area contributed by atoms with Crippen LogP contribution in [0.15, 0.2) is 36.4 Å². The fourth-order valence-electron chi connectivity index (χ4n) is 1.42. The summed E-state index contributed by atoms with van der Waals surface area (Å²) in [6, 6.07) is 8.17. The van der Waals surface area contributed by atoms with E-state index < -0.39 is 11.6 Å². The van der Waals surface area contributed by atoms with E-state index in [0.29, 0.717) is 21.8 Å². The van der Waals surface area contributed by atoms with Crippen molar-refractivity contribution in [3.8, 4) is 11.1 Å². The topological polar surface area (TPSA) is 26.0 Å². The van der Waals surface area contributed by atoms with Gasteiger partial charge in [-0.3, -0.25) is 0 Å². The molecule has 2 aromatic rings. The molecule has 0 bridgehead atoms. The van der Waals surface area contributed by atoms with E-state index in [2.05, 4.69) is 0 Å². The van der Waals surface area contributed by atoms with Crippen LogP contribution in [0.25, 0.3) is 11.1 Å². The second-order valence-electron chi connectivity index (χ2n) is 3.36. The molecule has 0 radical (unpaired) electrons. The predicted octanol–water partition coefficient (Wildman–Crippen LogP) is 3.87. The monoisotopic (exact) mass is 239 g/mol. The van der Waals surface area contributed by atoms with Crippen LogP contribution >= 0.6 is 11.6 Å². The molecular formula is C12H8ClF2N. The summed E-state index contributed by atoms with van der Waals surface area (Å²) in [7, 11) is 0. The van der Waals surface area contributed by atoms with Crippen molar-refractivity contribution in [3.05, 3.63) is 53.1 Å². The van der Waals surface area contributed by atoms with Gasteiger partial charge in [-0.1, -0.05) is 17.7 Å². The van der Waals surface area contributed by atoms with Gasteiger partial charge in [-0.05, 0) is 29.8 Å². The molecule has 0 unspecified atom stereocenters. The van der Waals surface area contributed by atoms with Crippen molar-refractivity contribution < 1.29 is 8.78 Å². The highest BCUT2D eigenvalue weighted by Gasteiger charge is 2.07. The molecule has 0 aliphatic rings. The molecule has 0 saturated carbocycles. The maximum Gasteiger partial charge on any atom is 0.133 e. The molecule has 0 atom stereocenters. The van der Waals surface area contributed by atoms with Crippen molar-refractivity contribution in [3.63, 3.8) is 0 Å². The number of halogens is 3. The lowest BCUT2D eigenvalue weighted by molar-refractivity contribution is 0.585. The molecule has 0 saturated heterocycles. The third-order valence-electron chi connectivity index (χ3n) is 2.24. The van der Waals surface area contributed by atoms with E-state index in [0.717, 1.165) is 6.07 Å². The number of benzene rings is 2. The zero-order chi connectivity index (χ0) is 11.7. The summed E-state index contributed by atoms with van der Waals surface area (Å²) in [6.07, 6.45) is 0. The molecular weight excluding hydrogens is 232 g/mol. The van der Waals surface area contributed by atoms with Gasteiger partial charge in [0.15, 0.2) is 0 Å². The van der Waals surface area contributed by atoms with E-state index in [1.807, 2.05) is 0 Å². The summed E-state index contributed by atoms with van der Waals surface area (Å²) in [6.45, 7) is 0. The van der Waals surface area contributed by atoms with E-state index in [-0.39, 0.29) is 0 Å². The van der Waals surface area contributed by atoms with E-state index in [1.54, 1.807) is 18.2 Å². The number of anilines is 1. The zero-order valence-electron chi connectivity index (χ0n) is 8.18. The summed E-state index contributed by atoms with van der Waals surface area (Å²) in [5.74, 6) is -1.23. The van der Waals surface area contributed by atoms with Gasteiger partial charge in [-0.25, -0.2) is 8.78 Å². The number of hydrogen-bond acceptors (Lipinski definition) is 1. The highest BCUT2D eigenvalue weighted by Crippen LogP contribution is 2.28. The van der Waals surface area contributed by atoms with Crippen molar-refractivity contribution in [1.29, 1.82) is 0 Å². The average molecular weight is 240 g/mol. The van der Waals surface area contributed by atoms with Gasteiger partial charge in [0.25, 0.3) is 0 Å². The van der Waals surface area contributed by atoms with Crippen LogP contribution in [0.3, 0.4) is 0 Å². The Labute approximate surface area is 96.5 Å². The van der Waals surface area contributed by atoms with Crippen LogP contribution in [0.1, 0.15) is 0 Å². The molecule has 0 aromatic heterocycles. The normalized spacial score (nSPS) is 10.4. The Balaban J connectivity index is 2.54. The quantitative estimate of drug-likeness (QED) is 0.751. The molecule has 0 spiro atoms. The Morgan fingerprint density at radius 1 is 1.00 bits per heavy atom. The minimum atomic E-state index is -0.624. The molecule has 0 fully saturated rings. The van der Waals surface area contributed by atoms with Gasteiger partial charge in [-0.15, -0.1) is 0 Å². The second kappa shape index (κ2) is 4.10. The molecule has 0 heterocycles. The summed E-state index contributed by atoms with van der Waals surface area (Å²) >= 11 is 5.83. The number of rotatable bonds is 1. The molecule has 0 aliphatic heterocycles. The Morgan fingerprint density at radius 2 is 1.75 bits per heavy atom. The molecule has 82 valence electrons. The van der Waals surface area contributed by atoms with Crippen molar-refractivity contribution in [1.82, 2.24) is 0 Å². The van der Waals surface area contributed by atoms with E-state index in [4.69, 9.17) is 17.3 Å². The summed E-state index contributed by atoms with van der Waals surface area (Å²) in [5.41, 5.74) is 6.83. The smallest absolute Gasteiger partial charge is 0.133 e. The summed E-state index contributed by atoms with van der Waals surface area (Å²) < 4.78 is 26.2. The second-order valence-corrected chi connectivity index (χ2v) is 3.77. The minimum Gasteiger partial charge on any atom is -0.398 e. The van der Waals surface area contributed by atoms with Crippen molar-refractivity contribution in [2.45, 2.75) is 0 Å². The van der Waals surface area contributed by atoms with Crippen molar-refractivity contribution in [2.75, 3.05) is 5.73 Å². The molecule has 1 nitrogen and oxygen atoms in total. The Morgan fingerprint density at radius 3 is 2.38 bits per heavy atom. The van der Waals surface area contributed by atoms with E-state index >= 15 is 0 Å². The van der Waals surface area contributed by atoms with E-state index in [1.165, 1.54) is 12.1 Å². The van der Waals surface area contributed by atoms with Crippen LogP contribution in [-0.2, 0) is 0 Å². The van der Waals surface area contributed by atoms with Gasteiger partial charge in [0.1, 0.15) is 11.6 Å². The van der Waals surface area contributed by atoms with E-state index in [9.17, 15) is 8.78 Å². The predicted molar refractivity (Wildman–Crippen MR) is 61.2 cm³/mol. The first-order chi connectivity index (χ1) is 7.58. The number of nitrogens with two attached hydrogens (primary N) is 1. The zero-order valence-corrected chi connectivity index (χ0v) is 8.93. The average Bonchev–Trinajstić information content (AvgIpc) is 2.22. The largest absolute Gasteiger partial charge is 0.398 e.